The summed E-state index contributed by atoms with van der Waals surface area (Å²) in [5.74, 6) is 3.60. The molecule has 1 amide bonds. The molecule has 3 saturated carbocycles. The minimum Gasteiger partial charge on any atom is -0.349 e. The Bertz CT molecular complexity index is 498. The summed E-state index contributed by atoms with van der Waals surface area (Å²) in [5, 5.41) is 3.24. The Balaban J connectivity index is 1.68. The normalized spacial score (nSPS) is 55.4. The highest BCUT2D eigenvalue weighted by Gasteiger charge is 2.58. The van der Waals surface area contributed by atoms with E-state index < -0.39 is 0 Å². The molecule has 4 aliphatic rings. The highest BCUT2D eigenvalue weighted by Crippen LogP contribution is 2.64. The van der Waals surface area contributed by atoms with Crippen LogP contribution in [0.25, 0.3) is 0 Å². The first-order valence-corrected chi connectivity index (χ1v) is 8.95. The molecule has 4 unspecified atom stereocenters. The van der Waals surface area contributed by atoms with Crippen LogP contribution in [-0.4, -0.2) is 11.9 Å². The van der Waals surface area contributed by atoms with Crippen LogP contribution >= 0.6 is 0 Å². The summed E-state index contributed by atoms with van der Waals surface area (Å²) >= 11 is 0. The number of amides is 1. The van der Waals surface area contributed by atoms with E-state index in [0.717, 1.165) is 23.7 Å². The topological polar surface area (TPSA) is 29.1 Å². The van der Waals surface area contributed by atoms with E-state index in [9.17, 15) is 4.79 Å². The maximum atomic E-state index is 11.7. The van der Waals surface area contributed by atoms with Crippen LogP contribution in [0.1, 0.15) is 59.3 Å². The lowest BCUT2D eigenvalue weighted by atomic mass is 9.48. The Morgan fingerprint density at radius 3 is 2.71 bits per heavy atom. The molecule has 3 aliphatic carbocycles. The van der Waals surface area contributed by atoms with E-state index in [0.29, 0.717) is 11.5 Å². The monoisotopic (exact) mass is 287 g/mol. The number of fused-ring (bicyclic) bond motifs is 5. The Kier molecular flexibility index (Phi) is 2.88. The van der Waals surface area contributed by atoms with E-state index in [-0.39, 0.29) is 11.3 Å². The number of rotatable bonds is 0. The molecule has 0 saturated heterocycles. The Morgan fingerprint density at radius 1 is 1.10 bits per heavy atom. The molecule has 0 radical (unpaired) electrons. The van der Waals surface area contributed by atoms with Gasteiger partial charge in [-0.3, -0.25) is 4.79 Å². The molecule has 2 nitrogen and oxygen atoms in total. The summed E-state index contributed by atoms with van der Waals surface area (Å²) in [6, 6.07) is 0.374. The van der Waals surface area contributed by atoms with Crippen LogP contribution in [0.4, 0.5) is 0 Å². The number of carbonyl (C=O) groups excluding carboxylic acids is 1. The van der Waals surface area contributed by atoms with Crippen molar-refractivity contribution in [1.82, 2.24) is 5.32 Å². The van der Waals surface area contributed by atoms with Crippen LogP contribution in [0.5, 0.6) is 0 Å². The van der Waals surface area contributed by atoms with Crippen molar-refractivity contribution >= 4 is 5.91 Å². The first-order chi connectivity index (χ1) is 9.95. The van der Waals surface area contributed by atoms with Crippen molar-refractivity contribution in [1.29, 1.82) is 0 Å². The van der Waals surface area contributed by atoms with Gasteiger partial charge in [0.1, 0.15) is 0 Å². The van der Waals surface area contributed by atoms with Gasteiger partial charge in [-0.05, 0) is 73.7 Å². The molecule has 21 heavy (non-hydrogen) atoms. The van der Waals surface area contributed by atoms with Gasteiger partial charge in [0.25, 0.3) is 0 Å². The molecule has 7 atom stereocenters. The average Bonchev–Trinajstić information content (AvgIpc) is 2.76. The van der Waals surface area contributed by atoms with E-state index in [2.05, 4.69) is 32.2 Å². The summed E-state index contributed by atoms with van der Waals surface area (Å²) in [6.45, 7) is 7.46. The van der Waals surface area contributed by atoms with Gasteiger partial charge in [0.15, 0.2) is 0 Å². The molecule has 1 aliphatic heterocycles. The predicted molar refractivity (Wildman–Crippen MR) is 84.6 cm³/mol. The van der Waals surface area contributed by atoms with Gasteiger partial charge in [-0.25, -0.2) is 0 Å². The van der Waals surface area contributed by atoms with Gasteiger partial charge in [-0.2, -0.15) is 0 Å². The Hall–Kier alpha value is -0.790. The smallest absolute Gasteiger partial charge is 0.243 e. The first-order valence-electron chi connectivity index (χ1n) is 8.95. The lowest BCUT2D eigenvalue weighted by molar-refractivity contribution is -0.122. The zero-order valence-corrected chi connectivity index (χ0v) is 13.7. The van der Waals surface area contributed by atoms with E-state index in [4.69, 9.17) is 0 Å². The lowest BCUT2D eigenvalue weighted by Gasteiger charge is -2.58. The zero-order chi connectivity index (χ0) is 14.8. The van der Waals surface area contributed by atoms with Gasteiger partial charge in [0, 0.05) is 11.5 Å². The molecule has 1 heterocycles. The quantitative estimate of drug-likeness (QED) is 0.719. The SMILES string of the molecule is C[C@H]1CCC2C3CCC4NC(=O)C=C[C@]4(C)C3CC[C@]21C. The van der Waals surface area contributed by atoms with Gasteiger partial charge < -0.3 is 5.32 Å². The molecule has 1 N–H and O–H groups in total. The largest absolute Gasteiger partial charge is 0.349 e. The maximum Gasteiger partial charge on any atom is 0.243 e. The second-order valence-electron chi connectivity index (χ2n) is 8.74. The van der Waals surface area contributed by atoms with Crippen LogP contribution in [0.15, 0.2) is 12.2 Å². The van der Waals surface area contributed by atoms with Crippen LogP contribution in [0.2, 0.25) is 0 Å². The van der Waals surface area contributed by atoms with Crippen molar-refractivity contribution in [3.8, 4) is 0 Å². The summed E-state index contributed by atoms with van der Waals surface area (Å²) in [5.41, 5.74) is 0.788. The molecule has 0 aromatic rings. The summed E-state index contributed by atoms with van der Waals surface area (Å²) in [6.07, 6.45) is 12.2. The third kappa shape index (κ3) is 1.74. The zero-order valence-electron chi connectivity index (χ0n) is 13.7. The molecule has 116 valence electrons. The lowest BCUT2D eigenvalue weighted by Crippen LogP contribution is -2.59. The summed E-state index contributed by atoms with van der Waals surface area (Å²) in [4.78, 5) is 11.7. The summed E-state index contributed by atoms with van der Waals surface area (Å²) in [7, 11) is 0. The molecule has 0 aromatic carbocycles. The number of nitrogens with one attached hydrogen (secondary N) is 1. The first kappa shape index (κ1) is 13.8. The van der Waals surface area contributed by atoms with Crippen LogP contribution < -0.4 is 5.32 Å². The fourth-order valence-electron chi connectivity index (χ4n) is 6.60. The third-order valence-electron chi connectivity index (χ3n) is 8.16. The molecule has 0 bridgehead atoms. The molecular formula is C19H29NO. The second kappa shape index (κ2) is 4.36. The maximum absolute atomic E-state index is 11.7. The third-order valence-corrected chi connectivity index (χ3v) is 8.16. The molecule has 2 heteroatoms. The van der Waals surface area contributed by atoms with Gasteiger partial charge in [0.2, 0.25) is 5.91 Å². The van der Waals surface area contributed by atoms with E-state index >= 15 is 0 Å². The Labute approximate surface area is 128 Å². The van der Waals surface area contributed by atoms with E-state index in [1.54, 1.807) is 6.08 Å². The van der Waals surface area contributed by atoms with Gasteiger partial charge in [0.05, 0.1) is 0 Å². The molecule has 4 rings (SSSR count). The van der Waals surface area contributed by atoms with Gasteiger partial charge in [-0.15, -0.1) is 0 Å². The second-order valence-corrected chi connectivity index (χ2v) is 8.74. The fourth-order valence-corrected chi connectivity index (χ4v) is 6.60. The molecule has 3 fully saturated rings. The number of hydrogen-bond donors (Lipinski definition) is 1. The highest BCUT2D eigenvalue weighted by molar-refractivity contribution is 5.89. The molecular weight excluding hydrogens is 258 g/mol. The summed E-state index contributed by atoms with van der Waals surface area (Å²) < 4.78 is 0. The van der Waals surface area contributed by atoms with Crippen molar-refractivity contribution in [3.63, 3.8) is 0 Å². The van der Waals surface area contributed by atoms with Gasteiger partial charge >= 0.3 is 0 Å². The van der Waals surface area contributed by atoms with Crippen molar-refractivity contribution in [3.05, 3.63) is 12.2 Å². The van der Waals surface area contributed by atoms with Crippen molar-refractivity contribution in [2.75, 3.05) is 0 Å². The molecule has 0 aromatic heterocycles. The van der Waals surface area contributed by atoms with Crippen LogP contribution in [0.3, 0.4) is 0 Å². The van der Waals surface area contributed by atoms with E-state index in [1.807, 2.05) is 0 Å². The minimum atomic E-state index is 0.117. The Morgan fingerprint density at radius 2 is 1.90 bits per heavy atom. The van der Waals surface area contributed by atoms with Crippen molar-refractivity contribution in [2.45, 2.75) is 65.3 Å². The minimum absolute atomic E-state index is 0.117. The van der Waals surface area contributed by atoms with Crippen molar-refractivity contribution in [2.24, 2.45) is 34.5 Å². The van der Waals surface area contributed by atoms with E-state index in [1.165, 1.54) is 38.5 Å². The average molecular weight is 287 g/mol. The standard InChI is InChI=1S/C19H29NO/c1-12-4-6-14-13-5-7-16-19(3,11-9-17(21)20-16)15(13)8-10-18(12,14)2/h9,11-16H,4-8,10H2,1-3H3,(H,20,21)/t12-,13?,14?,15?,16?,18-,19+/m0/s1. The van der Waals surface area contributed by atoms with Gasteiger partial charge in [-0.1, -0.05) is 26.8 Å². The van der Waals surface area contributed by atoms with Crippen molar-refractivity contribution < 1.29 is 4.79 Å². The highest BCUT2D eigenvalue weighted by atomic mass is 16.1. The number of carbonyl (C=O) groups is 1. The fraction of sp³-hybridized carbons (Fsp3) is 0.842. The number of hydrogen-bond acceptors (Lipinski definition) is 1. The predicted octanol–water partition coefficient (Wildman–Crippen LogP) is 3.92. The van der Waals surface area contributed by atoms with Crippen LogP contribution in [0, 0.1) is 34.5 Å². The molecule has 0 spiro atoms. The van der Waals surface area contributed by atoms with Crippen LogP contribution in [-0.2, 0) is 4.79 Å².